The first-order chi connectivity index (χ1) is 8.21. The van der Waals surface area contributed by atoms with E-state index in [1.807, 2.05) is 0 Å². The standard InChI is InChI=1S/C15H32N2/c1-4-15(5-2,12-16)13-17(6-3)14-10-8-7-9-11-14/h14H,4-13,16H2,1-3H3. The summed E-state index contributed by atoms with van der Waals surface area (Å²) in [4.78, 5) is 2.71. The Hall–Kier alpha value is -0.0800. The predicted octanol–water partition coefficient (Wildman–Crippen LogP) is 3.41. The monoisotopic (exact) mass is 240 g/mol. The average Bonchev–Trinajstić information content (AvgIpc) is 2.42. The van der Waals surface area contributed by atoms with E-state index in [4.69, 9.17) is 5.73 Å². The number of hydrogen-bond acceptors (Lipinski definition) is 2. The molecule has 2 N–H and O–H groups in total. The van der Waals surface area contributed by atoms with Crippen LogP contribution in [-0.2, 0) is 0 Å². The van der Waals surface area contributed by atoms with Crippen molar-refractivity contribution in [3.05, 3.63) is 0 Å². The summed E-state index contributed by atoms with van der Waals surface area (Å²) in [5.41, 5.74) is 6.39. The first-order valence-corrected chi connectivity index (χ1v) is 7.65. The summed E-state index contributed by atoms with van der Waals surface area (Å²) in [7, 11) is 0. The zero-order chi connectivity index (χ0) is 12.7. The molecule has 1 aliphatic rings. The fourth-order valence-corrected chi connectivity index (χ4v) is 3.20. The van der Waals surface area contributed by atoms with E-state index in [1.165, 1.54) is 58.0 Å². The third-order valence-electron chi connectivity index (χ3n) is 4.97. The summed E-state index contributed by atoms with van der Waals surface area (Å²) in [6.45, 7) is 10.1. The van der Waals surface area contributed by atoms with E-state index in [0.29, 0.717) is 5.41 Å². The molecule has 0 aromatic carbocycles. The second-order valence-electron chi connectivity index (χ2n) is 5.77. The molecule has 0 saturated heterocycles. The second kappa shape index (κ2) is 7.38. The van der Waals surface area contributed by atoms with Crippen molar-refractivity contribution in [3.8, 4) is 0 Å². The molecular formula is C15H32N2. The Morgan fingerprint density at radius 2 is 1.65 bits per heavy atom. The lowest BCUT2D eigenvalue weighted by atomic mass is 9.81. The van der Waals surface area contributed by atoms with Crippen LogP contribution in [0.15, 0.2) is 0 Å². The SMILES string of the molecule is CCN(CC(CC)(CC)CN)C1CCCCC1. The van der Waals surface area contributed by atoms with E-state index >= 15 is 0 Å². The number of hydrogen-bond donors (Lipinski definition) is 1. The smallest absolute Gasteiger partial charge is 0.00953 e. The van der Waals surface area contributed by atoms with Crippen LogP contribution in [0.5, 0.6) is 0 Å². The van der Waals surface area contributed by atoms with Gasteiger partial charge in [-0.1, -0.05) is 40.0 Å². The van der Waals surface area contributed by atoms with Crippen LogP contribution in [0.4, 0.5) is 0 Å². The summed E-state index contributed by atoms with van der Waals surface area (Å²) < 4.78 is 0. The van der Waals surface area contributed by atoms with Crippen molar-refractivity contribution >= 4 is 0 Å². The number of nitrogens with zero attached hydrogens (tertiary/aromatic N) is 1. The molecule has 0 radical (unpaired) electrons. The highest BCUT2D eigenvalue weighted by molar-refractivity contribution is 4.85. The first-order valence-electron chi connectivity index (χ1n) is 7.65. The molecule has 2 nitrogen and oxygen atoms in total. The molecule has 0 aromatic heterocycles. The highest BCUT2D eigenvalue weighted by Crippen LogP contribution is 2.30. The molecular weight excluding hydrogens is 208 g/mol. The first kappa shape index (κ1) is 15.0. The lowest BCUT2D eigenvalue weighted by Gasteiger charge is -2.41. The zero-order valence-electron chi connectivity index (χ0n) is 12.2. The molecule has 1 saturated carbocycles. The fourth-order valence-electron chi connectivity index (χ4n) is 3.20. The van der Waals surface area contributed by atoms with Crippen molar-refractivity contribution in [2.24, 2.45) is 11.1 Å². The van der Waals surface area contributed by atoms with Crippen LogP contribution in [0.1, 0.15) is 65.7 Å². The quantitative estimate of drug-likeness (QED) is 0.739. The average molecular weight is 240 g/mol. The van der Waals surface area contributed by atoms with E-state index in [1.54, 1.807) is 0 Å². The molecule has 0 atom stereocenters. The van der Waals surface area contributed by atoms with Crippen molar-refractivity contribution in [3.63, 3.8) is 0 Å². The lowest BCUT2D eigenvalue weighted by molar-refractivity contribution is 0.0899. The largest absolute Gasteiger partial charge is 0.330 e. The minimum absolute atomic E-state index is 0.355. The van der Waals surface area contributed by atoms with Crippen LogP contribution >= 0.6 is 0 Å². The molecule has 0 aromatic rings. The van der Waals surface area contributed by atoms with Crippen LogP contribution in [0.25, 0.3) is 0 Å². The maximum absolute atomic E-state index is 6.03. The number of rotatable bonds is 7. The summed E-state index contributed by atoms with van der Waals surface area (Å²) in [6, 6.07) is 0.831. The fraction of sp³-hybridized carbons (Fsp3) is 1.00. The molecule has 1 fully saturated rings. The minimum Gasteiger partial charge on any atom is -0.330 e. The van der Waals surface area contributed by atoms with Crippen molar-refractivity contribution < 1.29 is 0 Å². The molecule has 0 heterocycles. The van der Waals surface area contributed by atoms with Crippen molar-refractivity contribution in [1.82, 2.24) is 4.90 Å². The molecule has 1 aliphatic carbocycles. The van der Waals surface area contributed by atoms with Crippen molar-refractivity contribution in [1.29, 1.82) is 0 Å². The Morgan fingerprint density at radius 3 is 2.06 bits per heavy atom. The summed E-state index contributed by atoms with van der Waals surface area (Å²) in [6.07, 6.45) is 9.53. The van der Waals surface area contributed by atoms with Crippen LogP contribution in [0.3, 0.4) is 0 Å². The molecule has 102 valence electrons. The summed E-state index contributed by atoms with van der Waals surface area (Å²) in [5.74, 6) is 0. The minimum atomic E-state index is 0.355. The molecule has 0 unspecified atom stereocenters. The van der Waals surface area contributed by atoms with E-state index in [0.717, 1.165) is 12.6 Å². The molecule has 1 rings (SSSR count). The predicted molar refractivity (Wildman–Crippen MR) is 76.2 cm³/mol. The van der Waals surface area contributed by atoms with E-state index in [2.05, 4.69) is 25.7 Å². The van der Waals surface area contributed by atoms with Crippen molar-refractivity contribution in [2.75, 3.05) is 19.6 Å². The van der Waals surface area contributed by atoms with Crippen LogP contribution in [0.2, 0.25) is 0 Å². The van der Waals surface area contributed by atoms with E-state index < -0.39 is 0 Å². The summed E-state index contributed by atoms with van der Waals surface area (Å²) in [5, 5.41) is 0. The summed E-state index contributed by atoms with van der Waals surface area (Å²) >= 11 is 0. The van der Waals surface area contributed by atoms with Gasteiger partial charge in [-0.05, 0) is 44.2 Å². The van der Waals surface area contributed by atoms with Gasteiger partial charge in [0, 0.05) is 12.6 Å². The maximum atomic E-state index is 6.03. The van der Waals surface area contributed by atoms with Gasteiger partial charge in [0.05, 0.1) is 0 Å². The van der Waals surface area contributed by atoms with Gasteiger partial charge in [0.15, 0.2) is 0 Å². The Balaban J connectivity index is 2.59. The highest BCUT2D eigenvalue weighted by Gasteiger charge is 2.30. The molecule has 17 heavy (non-hydrogen) atoms. The van der Waals surface area contributed by atoms with Gasteiger partial charge in [0.2, 0.25) is 0 Å². The van der Waals surface area contributed by atoms with Gasteiger partial charge in [0.25, 0.3) is 0 Å². The molecule has 2 heteroatoms. The van der Waals surface area contributed by atoms with Gasteiger partial charge in [-0.25, -0.2) is 0 Å². The highest BCUT2D eigenvalue weighted by atomic mass is 15.2. The Labute approximate surface area is 108 Å². The number of nitrogens with two attached hydrogens (primary N) is 1. The maximum Gasteiger partial charge on any atom is 0.00953 e. The van der Waals surface area contributed by atoms with Crippen LogP contribution < -0.4 is 5.73 Å². The Bertz CT molecular complexity index is 185. The van der Waals surface area contributed by atoms with Crippen molar-refractivity contribution in [2.45, 2.75) is 71.8 Å². The van der Waals surface area contributed by atoms with E-state index in [9.17, 15) is 0 Å². The van der Waals surface area contributed by atoms with Crippen LogP contribution in [-0.4, -0.2) is 30.6 Å². The molecule has 0 amide bonds. The normalized spacial score (nSPS) is 18.9. The van der Waals surface area contributed by atoms with Gasteiger partial charge < -0.3 is 10.6 Å². The zero-order valence-corrected chi connectivity index (χ0v) is 12.2. The molecule has 0 aliphatic heterocycles. The second-order valence-corrected chi connectivity index (χ2v) is 5.77. The van der Waals surface area contributed by atoms with Gasteiger partial charge >= 0.3 is 0 Å². The Morgan fingerprint density at radius 1 is 1.06 bits per heavy atom. The van der Waals surface area contributed by atoms with Gasteiger partial charge in [-0.2, -0.15) is 0 Å². The van der Waals surface area contributed by atoms with E-state index in [-0.39, 0.29) is 0 Å². The topological polar surface area (TPSA) is 29.3 Å². The molecule has 0 spiro atoms. The third-order valence-corrected chi connectivity index (χ3v) is 4.97. The third kappa shape index (κ3) is 3.96. The Kier molecular flexibility index (Phi) is 6.50. The van der Waals surface area contributed by atoms with Gasteiger partial charge in [0.1, 0.15) is 0 Å². The van der Waals surface area contributed by atoms with Crippen LogP contribution in [0, 0.1) is 5.41 Å². The lowest BCUT2D eigenvalue weighted by Crippen LogP contribution is -2.46. The van der Waals surface area contributed by atoms with Gasteiger partial charge in [-0.15, -0.1) is 0 Å². The van der Waals surface area contributed by atoms with Gasteiger partial charge in [-0.3, -0.25) is 0 Å². The molecule has 0 bridgehead atoms.